The summed E-state index contributed by atoms with van der Waals surface area (Å²) in [5, 5.41) is 10.8. The molecule has 1 aromatic carbocycles. The smallest absolute Gasteiger partial charge is 0.317 e. The number of likely N-dealkylation sites (tertiary alicyclic amines) is 1. The molecule has 2 heterocycles. The first kappa shape index (κ1) is 16.2. The molecule has 1 aromatic heterocycles. The minimum absolute atomic E-state index is 0.0847. The molecule has 126 valence electrons. The third-order valence-electron chi connectivity index (χ3n) is 3.85. The second kappa shape index (κ2) is 7.25. The normalized spacial score (nSPS) is 16.9. The van der Waals surface area contributed by atoms with Crippen LogP contribution >= 0.6 is 0 Å². The van der Waals surface area contributed by atoms with Gasteiger partial charge >= 0.3 is 6.03 Å². The maximum absolute atomic E-state index is 12.9. The second-order valence-electron chi connectivity index (χ2n) is 5.77. The maximum atomic E-state index is 12.9. The SMILES string of the molecule is Cc1ccc(OC2CCN(C(=O)NCc3ccc(F)cc3)C2)nn1. The van der Waals surface area contributed by atoms with E-state index >= 15 is 0 Å². The fraction of sp³-hybridized carbons (Fsp3) is 0.353. The van der Waals surface area contributed by atoms with Crippen LogP contribution in [0.25, 0.3) is 0 Å². The van der Waals surface area contributed by atoms with Gasteiger partial charge in [0, 0.05) is 25.6 Å². The maximum Gasteiger partial charge on any atom is 0.317 e. The topological polar surface area (TPSA) is 67.3 Å². The van der Waals surface area contributed by atoms with Crippen LogP contribution in [0.5, 0.6) is 5.88 Å². The van der Waals surface area contributed by atoms with Gasteiger partial charge in [-0.05, 0) is 30.7 Å². The summed E-state index contributed by atoms with van der Waals surface area (Å²) in [5.41, 5.74) is 1.68. The van der Waals surface area contributed by atoms with Crippen LogP contribution in [0.15, 0.2) is 36.4 Å². The van der Waals surface area contributed by atoms with Gasteiger partial charge in [-0.15, -0.1) is 5.10 Å². The van der Waals surface area contributed by atoms with Crippen LogP contribution in [0, 0.1) is 12.7 Å². The number of carbonyl (C=O) groups excluding carboxylic acids is 1. The van der Waals surface area contributed by atoms with E-state index in [2.05, 4.69) is 15.5 Å². The summed E-state index contributed by atoms with van der Waals surface area (Å²) in [5.74, 6) is 0.183. The van der Waals surface area contributed by atoms with E-state index < -0.39 is 0 Å². The lowest BCUT2D eigenvalue weighted by Gasteiger charge is -2.17. The second-order valence-corrected chi connectivity index (χ2v) is 5.77. The largest absolute Gasteiger partial charge is 0.471 e. The number of nitrogens with zero attached hydrogens (tertiary/aromatic N) is 3. The summed E-state index contributed by atoms with van der Waals surface area (Å²) in [6, 6.07) is 9.53. The average molecular weight is 330 g/mol. The number of rotatable bonds is 4. The van der Waals surface area contributed by atoms with Crippen LogP contribution in [0.2, 0.25) is 0 Å². The minimum atomic E-state index is -0.288. The van der Waals surface area contributed by atoms with E-state index in [0.717, 1.165) is 17.7 Å². The van der Waals surface area contributed by atoms with Crippen molar-refractivity contribution >= 4 is 6.03 Å². The highest BCUT2D eigenvalue weighted by molar-refractivity contribution is 5.74. The molecule has 1 aliphatic heterocycles. The van der Waals surface area contributed by atoms with Crippen LogP contribution in [0.4, 0.5) is 9.18 Å². The highest BCUT2D eigenvalue weighted by Gasteiger charge is 2.27. The number of ether oxygens (including phenoxy) is 1. The number of halogens is 1. The van der Waals surface area contributed by atoms with Crippen LogP contribution in [0.1, 0.15) is 17.7 Å². The highest BCUT2D eigenvalue weighted by Crippen LogP contribution is 2.16. The average Bonchev–Trinajstić information content (AvgIpc) is 3.05. The third kappa shape index (κ3) is 4.18. The molecular formula is C17H19FN4O2. The Kier molecular flexibility index (Phi) is 4.88. The molecule has 1 N–H and O–H groups in total. The number of nitrogens with one attached hydrogen (secondary N) is 1. The Balaban J connectivity index is 1.46. The van der Waals surface area contributed by atoms with Gasteiger partial charge in [0.15, 0.2) is 0 Å². The van der Waals surface area contributed by atoms with E-state index in [0.29, 0.717) is 25.5 Å². The molecule has 1 atom stereocenters. The van der Waals surface area contributed by atoms with Gasteiger partial charge in [0.05, 0.1) is 12.2 Å². The van der Waals surface area contributed by atoms with Crippen molar-refractivity contribution in [3.05, 3.63) is 53.5 Å². The summed E-state index contributed by atoms with van der Waals surface area (Å²) in [7, 11) is 0. The number of urea groups is 1. The number of hydrogen-bond donors (Lipinski definition) is 1. The van der Waals surface area contributed by atoms with Crippen molar-refractivity contribution in [3.8, 4) is 5.88 Å². The van der Waals surface area contributed by atoms with E-state index in [-0.39, 0.29) is 18.0 Å². The molecule has 6 nitrogen and oxygen atoms in total. The first-order chi connectivity index (χ1) is 11.6. The fourth-order valence-electron chi connectivity index (χ4n) is 2.52. The lowest BCUT2D eigenvalue weighted by atomic mass is 10.2. The summed E-state index contributed by atoms with van der Waals surface area (Å²) >= 11 is 0. The molecule has 0 aliphatic carbocycles. The van der Waals surface area contributed by atoms with Crippen molar-refractivity contribution in [1.29, 1.82) is 0 Å². The number of aromatic nitrogens is 2. The van der Waals surface area contributed by atoms with Crippen molar-refractivity contribution < 1.29 is 13.9 Å². The number of aryl methyl sites for hydroxylation is 1. The first-order valence-electron chi connectivity index (χ1n) is 7.84. The number of hydrogen-bond acceptors (Lipinski definition) is 4. The molecule has 1 unspecified atom stereocenters. The molecule has 7 heteroatoms. The van der Waals surface area contributed by atoms with Crippen molar-refractivity contribution in [2.45, 2.75) is 26.0 Å². The molecule has 0 spiro atoms. The van der Waals surface area contributed by atoms with E-state index in [1.807, 2.05) is 13.0 Å². The zero-order valence-corrected chi connectivity index (χ0v) is 13.4. The van der Waals surface area contributed by atoms with Crippen molar-refractivity contribution in [2.75, 3.05) is 13.1 Å². The van der Waals surface area contributed by atoms with Crippen molar-refractivity contribution in [1.82, 2.24) is 20.4 Å². The minimum Gasteiger partial charge on any atom is -0.471 e. The summed E-state index contributed by atoms with van der Waals surface area (Å²) < 4.78 is 18.6. The monoisotopic (exact) mass is 330 g/mol. The van der Waals surface area contributed by atoms with Gasteiger partial charge in [-0.1, -0.05) is 12.1 Å². The van der Waals surface area contributed by atoms with E-state index in [4.69, 9.17) is 4.74 Å². The first-order valence-corrected chi connectivity index (χ1v) is 7.84. The fourth-order valence-corrected chi connectivity index (χ4v) is 2.52. The van der Waals surface area contributed by atoms with Crippen molar-refractivity contribution in [3.63, 3.8) is 0 Å². The Labute approximate surface area is 139 Å². The summed E-state index contributed by atoms with van der Waals surface area (Å²) in [4.78, 5) is 13.9. The molecule has 1 fully saturated rings. The Morgan fingerprint density at radius 3 is 2.79 bits per heavy atom. The number of amides is 2. The predicted octanol–water partition coefficient (Wildman–Crippen LogP) is 2.29. The molecule has 2 aromatic rings. The predicted molar refractivity (Wildman–Crippen MR) is 86.0 cm³/mol. The van der Waals surface area contributed by atoms with Crippen LogP contribution in [0.3, 0.4) is 0 Å². The Morgan fingerprint density at radius 2 is 2.08 bits per heavy atom. The van der Waals surface area contributed by atoms with Crippen molar-refractivity contribution in [2.24, 2.45) is 0 Å². The molecule has 2 amide bonds. The number of carbonyl (C=O) groups is 1. The van der Waals surface area contributed by atoms with Crippen LogP contribution in [-0.2, 0) is 6.54 Å². The Morgan fingerprint density at radius 1 is 1.29 bits per heavy atom. The molecule has 0 saturated carbocycles. The van der Waals surface area contributed by atoms with Crippen LogP contribution < -0.4 is 10.1 Å². The molecule has 3 rings (SSSR count). The van der Waals surface area contributed by atoms with Gasteiger partial charge in [0.2, 0.25) is 5.88 Å². The third-order valence-corrected chi connectivity index (χ3v) is 3.85. The van der Waals surface area contributed by atoms with Crippen LogP contribution in [-0.4, -0.2) is 40.3 Å². The molecular weight excluding hydrogens is 311 g/mol. The lowest BCUT2D eigenvalue weighted by Crippen LogP contribution is -2.39. The zero-order chi connectivity index (χ0) is 16.9. The van der Waals surface area contributed by atoms with Gasteiger partial charge in [-0.3, -0.25) is 0 Å². The van der Waals surface area contributed by atoms with Gasteiger partial charge in [-0.25, -0.2) is 9.18 Å². The van der Waals surface area contributed by atoms with Gasteiger partial charge < -0.3 is 15.0 Å². The van der Waals surface area contributed by atoms with Gasteiger partial charge in [0.25, 0.3) is 0 Å². The van der Waals surface area contributed by atoms with E-state index in [9.17, 15) is 9.18 Å². The molecule has 24 heavy (non-hydrogen) atoms. The van der Waals surface area contributed by atoms with Gasteiger partial charge in [-0.2, -0.15) is 5.10 Å². The standard InChI is InChI=1S/C17H19FN4O2/c1-12-2-7-16(21-20-12)24-15-8-9-22(11-15)17(23)19-10-13-3-5-14(18)6-4-13/h2-7,15H,8-11H2,1H3,(H,19,23). The summed E-state index contributed by atoms with van der Waals surface area (Å²) in [6.07, 6.45) is 0.665. The number of benzene rings is 1. The molecule has 1 aliphatic rings. The lowest BCUT2D eigenvalue weighted by molar-refractivity contribution is 0.182. The highest BCUT2D eigenvalue weighted by atomic mass is 19.1. The molecule has 0 bridgehead atoms. The Hall–Kier alpha value is -2.70. The quantitative estimate of drug-likeness (QED) is 0.934. The van der Waals surface area contributed by atoms with E-state index in [1.54, 1.807) is 23.1 Å². The molecule has 1 saturated heterocycles. The van der Waals surface area contributed by atoms with Gasteiger partial charge in [0.1, 0.15) is 11.9 Å². The summed E-state index contributed by atoms with van der Waals surface area (Å²) in [6.45, 7) is 3.36. The molecule has 0 radical (unpaired) electrons. The Bertz CT molecular complexity index is 691. The van der Waals surface area contributed by atoms with E-state index in [1.165, 1.54) is 12.1 Å². The zero-order valence-electron chi connectivity index (χ0n) is 13.4.